The van der Waals surface area contributed by atoms with E-state index < -0.39 is 0 Å². The van der Waals surface area contributed by atoms with Crippen LogP contribution in [-0.4, -0.2) is 25.1 Å². The normalized spacial score (nSPS) is 10.4. The molecule has 0 aliphatic carbocycles. The predicted molar refractivity (Wildman–Crippen MR) is 104 cm³/mol. The Bertz CT molecular complexity index is 957. The number of ether oxygens (including phenoxy) is 2. The van der Waals surface area contributed by atoms with Gasteiger partial charge in [0.1, 0.15) is 10.7 Å². The molecular formula is C19H18FN3O3S. The first kappa shape index (κ1) is 18.7. The second kappa shape index (κ2) is 8.05. The van der Waals surface area contributed by atoms with Gasteiger partial charge in [-0.15, -0.1) is 0 Å². The molecular weight excluding hydrogens is 369 g/mol. The first-order chi connectivity index (χ1) is 13.0. The number of thiazole rings is 1. The number of hydrogen-bond donors (Lipinski definition) is 2. The molecule has 0 unspecified atom stereocenters. The van der Waals surface area contributed by atoms with E-state index in [0.29, 0.717) is 38.6 Å². The van der Waals surface area contributed by atoms with Crippen LogP contribution in [0.2, 0.25) is 0 Å². The van der Waals surface area contributed by atoms with Gasteiger partial charge in [0.25, 0.3) is 5.91 Å². The molecule has 140 valence electrons. The van der Waals surface area contributed by atoms with Crippen molar-refractivity contribution in [1.82, 2.24) is 4.98 Å². The summed E-state index contributed by atoms with van der Waals surface area (Å²) in [4.78, 5) is 17.5. The third-order valence-electron chi connectivity index (χ3n) is 3.74. The second-order valence-electron chi connectivity index (χ2n) is 5.59. The van der Waals surface area contributed by atoms with Crippen LogP contribution in [0.4, 0.5) is 20.9 Å². The van der Waals surface area contributed by atoms with Gasteiger partial charge in [0.05, 0.1) is 19.9 Å². The Morgan fingerprint density at radius 3 is 2.37 bits per heavy atom. The number of carbonyl (C=O) groups is 1. The van der Waals surface area contributed by atoms with Gasteiger partial charge in [-0.05, 0) is 43.3 Å². The van der Waals surface area contributed by atoms with E-state index in [1.165, 1.54) is 30.6 Å². The van der Waals surface area contributed by atoms with Crippen molar-refractivity contribution >= 4 is 33.8 Å². The number of anilines is 3. The predicted octanol–water partition coefficient (Wildman–Crippen LogP) is 4.60. The third-order valence-corrected chi connectivity index (χ3v) is 4.81. The SMILES string of the molecule is COc1ccc(NC(=O)c2sc(Nc3ccc(F)cc3)nc2C)cc1OC. The summed E-state index contributed by atoms with van der Waals surface area (Å²) in [7, 11) is 3.08. The molecule has 2 N–H and O–H groups in total. The smallest absolute Gasteiger partial charge is 0.267 e. The number of amides is 1. The zero-order chi connectivity index (χ0) is 19.4. The van der Waals surface area contributed by atoms with Crippen LogP contribution in [0, 0.1) is 12.7 Å². The summed E-state index contributed by atoms with van der Waals surface area (Å²) < 4.78 is 23.4. The van der Waals surface area contributed by atoms with Gasteiger partial charge in [0.15, 0.2) is 16.6 Å². The van der Waals surface area contributed by atoms with E-state index in [4.69, 9.17) is 9.47 Å². The molecule has 0 aliphatic heterocycles. The summed E-state index contributed by atoms with van der Waals surface area (Å²) in [6.07, 6.45) is 0. The molecule has 1 heterocycles. The van der Waals surface area contributed by atoms with E-state index in [2.05, 4.69) is 15.6 Å². The van der Waals surface area contributed by atoms with Crippen LogP contribution in [0.15, 0.2) is 42.5 Å². The van der Waals surface area contributed by atoms with Gasteiger partial charge in [-0.3, -0.25) is 4.79 Å². The number of aryl methyl sites for hydroxylation is 1. The molecule has 3 aromatic rings. The lowest BCUT2D eigenvalue weighted by atomic mass is 10.2. The quantitative estimate of drug-likeness (QED) is 0.647. The Morgan fingerprint density at radius 2 is 1.70 bits per heavy atom. The first-order valence-electron chi connectivity index (χ1n) is 8.03. The summed E-state index contributed by atoms with van der Waals surface area (Å²) >= 11 is 1.22. The zero-order valence-corrected chi connectivity index (χ0v) is 15.8. The Balaban J connectivity index is 1.75. The molecule has 6 nitrogen and oxygen atoms in total. The Hall–Kier alpha value is -3.13. The Kier molecular flexibility index (Phi) is 5.56. The molecule has 2 aromatic carbocycles. The molecule has 0 bridgehead atoms. The minimum Gasteiger partial charge on any atom is -0.493 e. The summed E-state index contributed by atoms with van der Waals surface area (Å²) in [6, 6.07) is 11.1. The van der Waals surface area contributed by atoms with Crippen LogP contribution >= 0.6 is 11.3 Å². The van der Waals surface area contributed by atoms with E-state index in [9.17, 15) is 9.18 Å². The van der Waals surface area contributed by atoms with E-state index in [0.717, 1.165) is 0 Å². The molecule has 27 heavy (non-hydrogen) atoms. The number of aromatic nitrogens is 1. The molecule has 0 saturated carbocycles. The largest absolute Gasteiger partial charge is 0.493 e. The Labute approximate surface area is 160 Å². The summed E-state index contributed by atoms with van der Waals surface area (Å²) in [6.45, 7) is 1.76. The number of rotatable bonds is 6. The van der Waals surface area contributed by atoms with Crippen LogP contribution in [0.25, 0.3) is 0 Å². The summed E-state index contributed by atoms with van der Waals surface area (Å²) in [5, 5.41) is 6.45. The maximum atomic E-state index is 13.0. The van der Waals surface area contributed by atoms with Crippen LogP contribution in [0.5, 0.6) is 11.5 Å². The van der Waals surface area contributed by atoms with Crippen molar-refractivity contribution in [3.63, 3.8) is 0 Å². The van der Waals surface area contributed by atoms with Crippen molar-refractivity contribution in [1.29, 1.82) is 0 Å². The highest BCUT2D eigenvalue weighted by molar-refractivity contribution is 7.17. The van der Waals surface area contributed by atoms with Crippen LogP contribution in [0.1, 0.15) is 15.4 Å². The van der Waals surface area contributed by atoms with Crippen molar-refractivity contribution in [2.75, 3.05) is 24.9 Å². The molecule has 1 aromatic heterocycles. The number of benzene rings is 2. The van der Waals surface area contributed by atoms with Crippen molar-refractivity contribution in [2.24, 2.45) is 0 Å². The maximum absolute atomic E-state index is 13.0. The average Bonchev–Trinajstić information content (AvgIpc) is 3.03. The van der Waals surface area contributed by atoms with E-state index in [1.54, 1.807) is 44.4 Å². The van der Waals surface area contributed by atoms with Gasteiger partial charge in [-0.1, -0.05) is 11.3 Å². The zero-order valence-electron chi connectivity index (χ0n) is 15.0. The number of methoxy groups -OCH3 is 2. The van der Waals surface area contributed by atoms with E-state index in [1.807, 2.05) is 0 Å². The molecule has 1 amide bonds. The molecule has 0 radical (unpaired) electrons. The lowest BCUT2D eigenvalue weighted by Gasteiger charge is -2.10. The Morgan fingerprint density at radius 1 is 1.04 bits per heavy atom. The monoisotopic (exact) mass is 387 g/mol. The van der Waals surface area contributed by atoms with Gasteiger partial charge in [0, 0.05) is 17.4 Å². The minimum atomic E-state index is -0.314. The number of nitrogens with zero attached hydrogens (tertiary/aromatic N) is 1. The standard InChI is InChI=1S/C19H18FN3O3S/c1-11-17(27-19(21-11)23-13-6-4-12(20)5-7-13)18(24)22-14-8-9-15(25-2)16(10-14)26-3/h4-10H,1-3H3,(H,21,23)(H,22,24). The van der Waals surface area contributed by atoms with Crippen molar-refractivity contribution in [2.45, 2.75) is 6.92 Å². The molecule has 0 atom stereocenters. The lowest BCUT2D eigenvalue weighted by Crippen LogP contribution is -2.11. The highest BCUT2D eigenvalue weighted by atomic mass is 32.1. The first-order valence-corrected chi connectivity index (χ1v) is 8.85. The highest BCUT2D eigenvalue weighted by Crippen LogP contribution is 2.31. The fourth-order valence-electron chi connectivity index (χ4n) is 2.42. The summed E-state index contributed by atoms with van der Waals surface area (Å²) in [5.74, 6) is 0.514. The number of halogens is 1. The second-order valence-corrected chi connectivity index (χ2v) is 6.59. The fraction of sp³-hybridized carbons (Fsp3) is 0.158. The van der Waals surface area contributed by atoms with Crippen molar-refractivity contribution in [3.05, 3.63) is 58.9 Å². The maximum Gasteiger partial charge on any atom is 0.267 e. The van der Waals surface area contributed by atoms with Crippen molar-refractivity contribution in [3.8, 4) is 11.5 Å². The van der Waals surface area contributed by atoms with Crippen LogP contribution < -0.4 is 20.1 Å². The molecule has 3 rings (SSSR count). The number of nitrogens with one attached hydrogen (secondary N) is 2. The van der Waals surface area contributed by atoms with Gasteiger partial charge in [-0.2, -0.15) is 0 Å². The average molecular weight is 387 g/mol. The van der Waals surface area contributed by atoms with Crippen LogP contribution in [-0.2, 0) is 0 Å². The minimum absolute atomic E-state index is 0.274. The van der Waals surface area contributed by atoms with Crippen LogP contribution in [0.3, 0.4) is 0 Å². The van der Waals surface area contributed by atoms with E-state index in [-0.39, 0.29) is 11.7 Å². The number of hydrogen-bond acceptors (Lipinski definition) is 6. The van der Waals surface area contributed by atoms with Crippen molar-refractivity contribution < 1.29 is 18.7 Å². The molecule has 0 saturated heterocycles. The highest BCUT2D eigenvalue weighted by Gasteiger charge is 2.16. The molecule has 0 aliphatic rings. The third kappa shape index (κ3) is 4.35. The lowest BCUT2D eigenvalue weighted by molar-refractivity contribution is 0.103. The van der Waals surface area contributed by atoms with Gasteiger partial charge >= 0.3 is 0 Å². The van der Waals surface area contributed by atoms with E-state index >= 15 is 0 Å². The summed E-state index contributed by atoms with van der Waals surface area (Å²) in [5.41, 5.74) is 1.87. The molecule has 0 spiro atoms. The molecule has 8 heteroatoms. The fourth-order valence-corrected chi connectivity index (χ4v) is 3.30. The topological polar surface area (TPSA) is 72.5 Å². The van der Waals surface area contributed by atoms with Gasteiger partial charge in [-0.25, -0.2) is 9.37 Å². The van der Waals surface area contributed by atoms with Gasteiger partial charge in [0.2, 0.25) is 0 Å². The van der Waals surface area contributed by atoms with Gasteiger partial charge < -0.3 is 20.1 Å². The number of carbonyl (C=O) groups excluding carboxylic acids is 1. The molecule has 0 fully saturated rings.